The van der Waals surface area contributed by atoms with E-state index in [2.05, 4.69) is 6.07 Å². The third-order valence-electron chi connectivity index (χ3n) is 1.24. The van der Waals surface area contributed by atoms with Crippen LogP contribution in [0.1, 0.15) is 17.3 Å². The zero-order chi connectivity index (χ0) is 7.56. The van der Waals surface area contributed by atoms with E-state index in [0.29, 0.717) is 11.3 Å². The van der Waals surface area contributed by atoms with E-state index in [4.69, 9.17) is 5.73 Å². The first-order chi connectivity index (χ1) is 4.72. The van der Waals surface area contributed by atoms with E-state index in [-0.39, 0.29) is 22.9 Å². The Morgan fingerprint density at radius 1 is 1.64 bits per heavy atom. The van der Waals surface area contributed by atoms with Gasteiger partial charge in [0.05, 0.1) is 5.78 Å². The molecule has 59 valence electrons. The molecule has 11 heavy (non-hydrogen) atoms. The first kappa shape index (κ1) is 10.2. The van der Waals surface area contributed by atoms with Crippen LogP contribution < -0.4 is 5.73 Å². The van der Waals surface area contributed by atoms with Gasteiger partial charge >= 0.3 is 0 Å². The van der Waals surface area contributed by atoms with Gasteiger partial charge in [-0.05, 0) is 12.6 Å². The van der Waals surface area contributed by atoms with Crippen LogP contribution in [-0.2, 0) is 17.1 Å². The molecule has 0 aliphatic carbocycles. The molecule has 0 atom stereocenters. The molecule has 0 unspecified atom stereocenters. The molecule has 0 aliphatic heterocycles. The van der Waals surface area contributed by atoms with Crippen LogP contribution in [0.4, 0.5) is 5.69 Å². The summed E-state index contributed by atoms with van der Waals surface area (Å²) in [6, 6.07) is 7.87. The molecule has 1 rings (SSSR count). The summed E-state index contributed by atoms with van der Waals surface area (Å²) in [5, 5.41) is 0. The zero-order valence-electron chi connectivity index (χ0n) is 6.10. The number of carbonyl (C=O) groups excluding carboxylic acids is 1. The molecule has 0 heterocycles. The molecule has 0 aliphatic rings. The van der Waals surface area contributed by atoms with E-state index in [1.54, 1.807) is 18.2 Å². The van der Waals surface area contributed by atoms with Crippen molar-refractivity contribution in [2.24, 2.45) is 0 Å². The van der Waals surface area contributed by atoms with Crippen LogP contribution in [0, 0.1) is 6.07 Å². The van der Waals surface area contributed by atoms with Crippen molar-refractivity contribution in [2.75, 3.05) is 5.73 Å². The maximum absolute atomic E-state index is 10.8. The Hall–Kier alpha value is -0.791. The monoisotopic (exact) mass is 189 g/mol. The second-order valence-electron chi connectivity index (χ2n) is 2.06. The van der Waals surface area contributed by atoms with Crippen molar-refractivity contribution in [3.8, 4) is 0 Å². The molecular formula is C8H8MnNO-. The van der Waals surface area contributed by atoms with Gasteiger partial charge in [0.2, 0.25) is 0 Å². The van der Waals surface area contributed by atoms with E-state index in [1.807, 2.05) is 0 Å². The fourth-order valence-electron chi connectivity index (χ4n) is 0.755. The number of Topliss-reactive ketones (excluding diaryl/α,β-unsaturated/α-hetero) is 1. The molecular weight excluding hydrogens is 181 g/mol. The van der Waals surface area contributed by atoms with Crippen molar-refractivity contribution in [1.29, 1.82) is 0 Å². The van der Waals surface area contributed by atoms with Crippen LogP contribution in [0.5, 0.6) is 0 Å². The average Bonchev–Trinajstić information content (AvgIpc) is 1.88. The predicted molar refractivity (Wildman–Crippen MR) is 39.7 cm³/mol. The summed E-state index contributed by atoms with van der Waals surface area (Å²) < 4.78 is 0. The molecule has 2 nitrogen and oxygen atoms in total. The van der Waals surface area contributed by atoms with Crippen LogP contribution in [0.2, 0.25) is 0 Å². The Labute approximate surface area is 76.3 Å². The fourth-order valence-corrected chi connectivity index (χ4v) is 0.755. The van der Waals surface area contributed by atoms with Gasteiger partial charge in [0.25, 0.3) is 0 Å². The molecule has 3 heteroatoms. The summed E-state index contributed by atoms with van der Waals surface area (Å²) in [5.74, 6) is -0.0434. The molecule has 0 saturated heterocycles. The molecule has 1 aromatic carbocycles. The minimum atomic E-state index is -0.0434. The van der Waals surface area contributed by atoms with Crippen LogP contribution in [-0.4, -0.2) is 5.78 Å². The van der Waals surface area contributed by atoms with Crippen molar-refractivity contribution >= 4 is 11.5 Å². The Morgan fingerprint density at radius 3 is 2.64 bits per heavy atom. The number of nitrogens with two attached hydrogens (primary N) is 1. The Kier molecular flexibility index (Phi) is 3.86. The van der Waals surface area contributed by atoms with Gasteiger partial charge in [0.15, 0.2) is 0 Å². The second kappa shape index (κ2) is 4.16. The topological polar surface area (TPSA) is 43.1 Å². The summed E-state index contributed by atoms with van der Waals surface area (Å²) in [5.41, 5.74) is 6.44. The van der Waals surface area contributed by atoms with Gasteiger partial charge in [-0.2, -0.15) is 0 Å². The average molecular weight is 189 g/mol. The Morgan fingerprint density at radius 2 is 2.27 bits per heavy atom. The third kappa shape index (κ3) is 2.37. The van der Waals surface area contributed by atoms with E-state index in [9.17, 15) is 4.79 Å². The van der Waals surface area contributed by atoms with Gasteiger partial charge < -0.3 is 10.5 Å². The molecule has 0 aromatic heterocycles. The first-order valence-electron chi connectivity index (χ1n) is 2.99. The zero-order valence-corrected chi connectivity index (χ0v) is 7.28. The van der Waals surface area contributed by atoms with Gasteiger partial charge in [-0.15, -0.1) is 24.3 Å². The number of ketones is 1. The second-order valence-corrected chi connectivity index (χ2v) is 2.06. The quantitative estimate of drug-likeness (QED) is 0.313. The fraction of sp³-hybridized carbons (Fsp3) is 0.125. The van der Waals surface area contributed by atoms with Gasteiger partial charge in [-0.25, -0.2) is 0 Å². The molecule has 1 aromatic rings. The van der Waals surface area contributed by atoms with E-state index in [0.717, 1.165) is 0 Å². The van der Waals surface area contributed by atoms with E-state index < -0.39 is 0 Å². The molecule has 1 radical (unpaired) electrons. The smallest absolute Gasteiger partial charge is 0.0774 e. The first-order valence-corrected chi connectivity index (χ1v) is 2.99. The molecule has 0 bridgehead atoms. The number of benzene rings is 1. The summed E-state index contributed by atoms with van der Waals surface area (Å²) >= 11 is 0. The van der Waals surface area contributed by atoms with E-state index in [1.165, 1.54) is 6.92 Å². The van der Waals surface area contributed by atoms with Crippen molar-refractivity contribution in [3.05, 3.63) is 29.8 Å². The number of carbonyl (C=O) groups is 1. The summed E-state index contributed by atoms with van der Waals surface area (Å²) in [6.07, 6.45) is 0. The molecule has 0 saturated carbocycles. The summed E-state index contributed by atoms with van der Waals surface area (Å²) in [6.45, 7) is 1.47. The molecule has 0 fully saturated rings. The number of hydrogen-bond donors (Lipinski definition) is 1. The Bertz CT molecular complexity index is 260. The van der Waals surface area contributed by atoms with E-state index >= 15 is 0 Å². The van der Waals surface area contributed by atoms with Crippen LogP contribution >= 0.6 is 0 Å². The largest absolute Gasteiger partial charge is 0.437 e. The molecule has 2 N–H and O–H groups in total. The predicted octanol–water partition coefficient (Wildman–Crippen LogP) is 1.27. The Balaban J connectivity index is 0.000001000. The minimum Gasteiger partial charge on any atom is -0.437 e. The van der Waals surface area contributed by atoms with Crippen molar-refractivity contribution in [2.45, 2.75) is 6.92 Å². The van der Waals surface area contributed by atoms with Gasteiger partial charge in [-0.3, -0.25) is 0 Å². The number of nitrogen functional groups attached to an aromatic ring is 1. The normalized spacial score (nSPS) is 8.45. The summed E-state index contributed by atoms with van der Waals surface area (Å²) in [7, 11) is 0. The van der Waals surface area contributed by atoms with Crippen LogP contribution in [0.3, 0.4) is 0 Å². The van der Waals surface area contributed by atoms with Crippen LogP contribution in [0.25, 0.3) is 0 Å². The standard InChI is InChI=1S/C8H8NO.Mn/c1-6(10)7-4-2-3-5-8(7)9;/h2-3,5H,9H2,1H3;/q-1;. The van der Waals surface area contributed by atoms with Crippen molar-refractivity contribution < 1.29 is 21.9 Å². The number of rotatable bonds is 1. The third-order valence-corrected chi connectivity index (χ3v) is 1.24. The van der Waals surface area contributed by atoms with Gasteiger partial charge in [0, 0.05) is 17.1 Å². The van der Waals surface area contributed by atoms with Crippen molar-refractivity contribution in [3.63, 3.8) is 0 Å². The summed E-state index contributed by atoms with van der Waals surface area (Å²) in [4.78, 5) is 10.8. The van der Waals surface area contributed by atoms with Crippen LogP contribution in [0.15, 0.2) is 18.2 Å². The molecule has 0 spiro atoms. The maximum Gasteiger partial charge on any atom is 0.0774 e. The minimum absolute atomic E-state index is 0. The SMILES string of the molecule is CC(=O)c1[c-]cccc1N.[Mn]. The number of hydrogen-bond acceptors (Lipinski definition) is 2. The van der Waals surface area contributed by atoms with Gasteiger partial charge in [-0.1, -0.05) is 5.56 Å². The van der Waals surface area contributed by atoms with Gasteiger partial charge in [0.1, 0.15) is 0 Å². The van der Waals surface area contributed by atoms with Crippen molar-refractivity contribution in [1.82, 2.24) is 0 Å². The number of anilines is 1. The molecule has 0 amide bonds. The maximum atomic E-state index is 10.8.